The lowest BCUT2D eigenvalue weighted by Crippen LogP contribution is -2.12. The number of hydrogen-bond donors (Lipinski definition) is 1. The number of anilines is 1. The molecular formula is C21H21N3O4S. The van der Waals surface area contributed by atoms with E-state index >= 15 is 0 Å². The molecule has 0 aliphatic carbocycles. The Morgan fingerprint density at radius 1 is 1.03 bits per heavy atom. The van der Waals surface area contributed by atoms with Gasteiger partial charge in [0.2, 0.25) is 0 Å². The van der Waals surface area contributed by atoms with Gasteiger partial charge in [-0.3, -0.25) is 5.43 Å². The maximum atomic E-state index is 12.7. The van der Waals surface area contributed by atoms with Crippen molar-refractivity contribution in [2.24, 2.45) is 5.10 Å². The smallest absolute Gasteiger partial charge is 0.339 e. The molecule has 0 bridgehead atoms. The van der Waals surface area contributed by atoms with E-state index in [0.29, 0.717) is 16.9 Å². The van der Waals surface area contributed by atoms with E-state index in [9.17, 15) is 8.42 Å². The Labute approximate surface area is 170 Å². The molecule has 2 aromatic carbocycles. The maximum absolute atomic E-state index is 12.7. The number of hydrogen-bond acceptors (Lipinski definition) is 7. The van der Waals surface area contributed by atoms with Gasteiger partial charge in [0.25, 0.3) is 0 Å². The maximum Gasteiger partial charge on any atom is 0.339 e. The molecule has 0 unspecified atom stereocenters. The normalized spacial score (nSPS) is 11.4. The first-order valence-corrected chi connectivity index (χ1v) is 10.2. The van der Waals surface area contributed by atoms with E-state index in [1.54, 1.807) is 49.7 Å². The fraction of sp³-hybridized carbons (Fsp3) is 0.143. The SMILES string of the molecule is COc1cc(/C=N/Nc2ccccn2)ccc1OS(=O)(=O)c1cc(C)ccc1C. The largest absolute Gasteiger partial charge is 0.493 e. The Morgan fingerprint density at radius 2 is 1.86 bits per heavy atom. The van der Waals surface area contributed by atoms with Crippen molar-refractivity contribution in [3.8, 4) is 11.5 Å². The van der Waals surface area contributed by atoms with Gasteiger partial charge in [-0.2, -0.15) is 13.5 Å². The molecule has 0 fully saturated rings. The van der Waals surface area contributed by atoms with Crippen molar-refractivity contribution in [2.45, 2.75) is 18.7 Å². The standard InChI is InChI=1S/C21H21N3O4S/c1-15-7-8-16(2)20(12-15)29(25,26)28-18-10-9-17(13-19(18)27-3)14-23-24-21-6-4-5-11-22-21/h4-14H,1-3H3,(H,22,24)/b23-14+. The van der Waals surface area contributed by atoms with Gasteiger partial charge in [-0.15, -0.1) is 0 Å². The molecule has 0 aliphatic rings. The van der Waals surface area contributed by atoms with Crippen molar-refractivity contribution in [3.63, 3.8) is 0 Å². The van der Waals surface area contributed by atoms with Crippen LogP contribution in [0, 0.1) is 13.8 Å². The van der Waals surface area contributed by atoms with Crippen LogP contribution in [0.15, 0.2) is 70.8 Å². The van der Waals surface area contributed by atoms with Crippen molar-refractivity contribution in [3.05, 3.63) is 77.5 Å². The van der Waals surface area contributed by atoms with Crippen molar-refractivity contribution < 1.29 is 17.3 Å². The second kappa shape index (κ2) is 8.74. The molecular weight excluding hydrogens is 390 g/mol. The topological polar surface area (TPSA) is 89.9 Å². The molecule has 0 radical (unpaired) electrons. The van der Waals surface area contributed by atoms with Gasteiger partial charge in [-0.1, -0.05) is 18.2 Å². The lowest BCUT2D eigenvalue weighted by atomic mass is 10.2. The quantitative estimate of drug-likeness (QED) is 0.360. The number of methoxy groups -OCH3 is 1. The molecule has 3 aromatic rings. The Morgan fingerprint density at radius 3 is 2.59 bits per heavy atom. The number of aromatic nitrogens is 1. The van der Waals surface area contributed by atoms with Crippen LogP contribution < -0.4 is 14.3 Å². The average Bonchev–Trinajstić information content (AvgIpc) is 2.71. The van der Waals surface area contributed by atoms with Crippen LogP contribution in [0.3, 0.4) is 0 Å². The predicted octanol–water partition coefficient (Wildman–Crippen LogP) is 3.92. The molecule has 0 atom stereocenters. The van der Waals surface area contributed by atoms with Crippen LogP contribution in [0.2, 0.25) is 0 Å². The van der Waals surface area contributed by atoms with Crippen molar-refractivity contribution >= 4 is 22.2 Å². The van der Waals surface area contributed by atoms with Crippen molar-refractivity contribution in [1.29, 1.82) is 0 Å². The third-order valence-corrected chi connectivity index (χ3v) is 5.44. The third kappa shape index (κ3) is 5.11. The molecule has 7 nitrogen and oxygen atoms in total. The van der Waals surface area contributed by atoms with Gasteiger partial charge >= 0.3 is 10.1 Å². The van der Waals surface area contributed by atoms with Crippen LogP contribution in [-0.2, 0) is 10.1 Å². The molecule has 1 aromatic heterocycles. The summed E-state index contributed by atoms with van der Waals surface area (Å²) in [5.41, 5.74) is 4.94. The summed E-state index contributed by atoms with van der Waals surface area (Å²) in [7, 11) is -2.55. The zero-order chi connectivity index (χ0) is 20.9. The van der Waals surface area contributed by atoms with E-state index in [1.807, 2.05) is 25.1 Å². The number of pyridine rings is 1. The lowest BCUT2D eigenvalue weighted by molar-refractivity contribution is 0.390. The molecule has 1 N–H and O–H groups in total. The summed E-state index contributed by atoms with van der Waals surface area (Å²) in [6.07, 6.45) is 3.23. The summed E-state index contributed by atoms with van der Waals surface area (Å²) in [5, 5.41) is 4.11. The predicted molar refractivity (Wildman–Crippen MR) is 112 cm³/mol. The summed E-state index contributed by atoms with van der Waals surface area (Å²) in [4.78, 5) is 4.23. The number of aryl methyl sites for hydroxylation is 2. The highest BCUT2D eigenvalue weighted by atomic mass is 32.2. The minimum atomic E-state index is -4.00. The lowest BCUT2D eigenvalue weighted by Gasteiger charge is -2.13. The van der Waals surface area contributed by atoms with Gasteiger partial charge in [-0.05, 0) is 66.9 Å². The highest BCUT2D eigenvalue weighted by molar-refractivity contribution is 7.87. The molecule has 1 heterocycles. The van der Waals surface area contributed by atoms with Gasteiger partial charge in [-0.25, -0.2) is 4.98 Å². The molecule has 29 heavy (non-hydrogen) atoms. The number of ether oxygens (including phenoxy) is 1. The Bertz CT molecular complexity index is 1130. The van der Waals surface area contributed by atoms with Crippen LogP contribution in [0.5, 0.6) is 11.5 Å². The highest BCUT2D eigenvalue weighted by Crippen LogP contribution is 2.31. The summed E-state index contributed by atoms with van der Waals surface area (Å²) < 4.78 is 36.1. The number of benzene rings is 2. The average molecular weight is 411 g/mol. The van der Waals surface area contributed by atoms with Gasteiger partial charge < -0.3 is 8.92 Å². The zero-order valence-electron chi connectivity index (χ0n) is 16.3. The molecule has 0 spiro atoms. The van der Waals surface area contributed by atoms with Crippen molar-refractivity contribution in [1.82, 2.24) is 4.98 Å². The summed E-state index contributed by atoms with van der Waals surface area (Å²) in [5.74, 6) is 0.985. The van der Waals surface area contributed by atoms with Gasteiger partial charge in [0, 0.05) is 6.20 Å². The Balaban J connectivity index is 1.81. The number of hydrazone groups is 1. The second-order valence-corrected chi connectivity index (χ2v) is 7.82. The van der Waals surface area contributed by atoms with Crippen LogP contribution in [0.4, 0.5) is 5.82 Å². The minimum Gasteiger partial charge on any atom is -0.493 e. The number of nitrogens with one attached hydrogen (secondary N) is 1. The van der Waals surface area contributed by atoms with E-state index in [4.69, 9.17) is 8.92 Å². The van der Waals surface area contributed by atoms with Crippen LogP contribution in [0.25, 0.3) is 0 Å². The Hall–Kier alpha value is -3.39. The van der Waals surface area contributed by atoms with E-state index in [1.165, 1.54) is 13.2 Å². The van der Waals surface area contributed by atoms with E-state index in [2.05, 4.69) is 15.5 Å². The van der Waals surface area contributed by atoms with Gasteiger partial charge in [0.15, 0.2) is 11.5 Å². The van der Waals surface area contributed by atoms with E-state index in [-0.39, 0.29) is 16.4 Å². The highest BCUT2D eigenvalue weighted by Gasteiger charge is 2.21. The fourth-order valence-corrected chi connectivity index (χ4v) is 3.83. The van der Waals surface area contributed by atoms with Gasteiger partial charge in [0.05, 0.1) is 13.3 Å². The zero-order valence-corrected chi connectivity index (χ0v) is 17.1. The molecule has 0 saturated heterocycles. The molecule has 0 saturated carbocycles. The number of rotatable bonds is 7. The van der Waals surface area contributed by atoms with Crippen LogP contribution in [0.1, 0.15) is 16.7 Å². The summed E-state index contributed by atoms with van der Waals surface area (Å²) >= 11 is 0. The molecule has 0 aliphatic heterocycles. The van der Waals surface area contributed by atoms with Crippen LogP contribution in [-0.4, -0.2) is 26.7 Å². The Kier molecular flexibility index (Phi) is 6.13. The van der Waals surface area contributed by atoms with E-state index < -0.39 is 10.1 Å². The van der Waals surface area contributed by atoms with E-state index in [0.717, 1.165) is 5.56 Å². The number of nitrogens with zero attached hydrogens (tertiary/aromatic N) is 2. The van der Waals surface area contributed by atoms with Gasteiger partial charge in [0.1, 0.15) is 10.7 Å². The van der Waals surface area contributed by atoms with Crippen molar-refractivity contribution in [2.75, 3.05) is 12.5 Å². The molecule has 0 amide bonds. The first-order valence-electron chi connectivity index (χ1n) is 8.79. The molecule has 3 rings (SSSR count). The second-order valence-electron chi connectivity index (χ2n) is 6.30. The molecule has 150 valence electrons. The minimum absolute atomic E-state index is 0.100. The monoisotopic (exact) mass is 411 g/mol. The first-order chi connectivity index (χ1) is 13.9. The summed E-state index contributed by atoms with van der Waals surface area (Å²) in [6.45, 7) is 3.55. The van der Waals surface area contributed by atoms with Crippen LogP contribution >= 0.6 is 0 Å². The third-order valence-electron chi connectivity index (χ3n) is 4.06. The first kappa shape index (κ1) is 20.3. The molecule has 8 heteroatoms. The summed E-state index contributed by atoms with van der Waals surface area (Å²) in [6, 6.07) is 15.5. The fourth-order valence-electron chi connectivity index (χ4n) is 2.57.